The Morgan fingerprint density at radius 1 is 1.53 bits per heavy atom. The Kier molecular flexibility index (Phi) is 3.97. The first-order valence-electron chi connectivity index (χ1n) is 4.80. The van der Waals surface area contributed by atoms with E-state index in [9.17, 15) is 4.79 Å². The Bertz CT molecular complexity index is 350. The monoisotopic (exact) mass is 209 g/mol. The van der Waals surface area contributed by atoms with Crippen molar-refractivity contribution in [2.45, 2.75) is 19.9 Å². The molecule has 1 rings (SSSR count). The van der Waals surface area contributed by atoms with Gasteiger partial charge in [-0.15, -0.1) is 0 Å². The van der Waals surface area contributed by atoms with Gasteiger partial charge in [-0.25, -0.2) is 4.79 Å². The van der Waals surface area contributed by atoms with Crippen molar-refractivity contribution in [2.75, 3.05) is 7.11 Å². The molecule has 0 fully saturated rings. The van der Waals surface area contributed by atoms with E-state index in [2.05, 4.69) is 5.32 Å². The third-order valence-electron chi connectivity index (χ3n) is 2.17. The fraction of sp³-hybridized carbons (Fsp3) is 0.364. The van der Waals surface area contributed by atoms with Crippen molar-refractivity contribution < 1.29 is 14.6 Å². The highest BCUT2D eigenvalue weighted by Gasteiger charge is 2.03. The van der Waals surface area contributed by atoms with Crippen LogP contribution in [0.15, 0.2) is 18.2 Å². The molecule has 15 heavy (non-hydrogen) atoms. The lowest BCUT2D eigenvalue weighted by molar-refractivity contribution is 0.194. The summed E-state index contributed by atoms with van der Waals surface area (Å²) in [6.45, 7) is 2.36. The van der Waals surface area contributed by atoms with Crippen LogP contribution >= 0.6 is 0 Å². The predicted octanol–water partition coefficient (Wildman–Crippen LogP) is 2.03. The van der Waals surface area contributed by atoms with E-state index in [0.29, 0.717) is 6.54 Å². The van der Waals surface area contributed by atoms with Gasteiger partial charge in [-0.3, -0.25) is 0 Å². The average Bonchev–Trinajstić information content (AvgIpc) is 2.25. The third kappa shape index (κ3) is 3.16. The molecular weight excluding hydrogens is 194 g/mol. The van der Waals surface area contributed by atoms with Crippen LogP contribution in [0.3, 0.4) is 0 Å². The molecule has 0 aliphatic rings. The summed E-state index contributed by atoms with van der Waals surface area (Å²) in [6.07, 6.45) is -0.145. The van der Waals surface area contributed by atoms with Crippen LogP contribution in [-0.2, 0) is 13.0 Å². The summed E-state index contributed by atoms with van der Waals surface area (Å²) < 4.78 is 5.18. The summed E-state index contributed by atoms with van der Waals surface area (Å²) in [5, 5.41) is 10.8. The zero-order chi connectivity index (χ0) is 11.3. The maximum atomic E-state index is 10.3. The summed E-state index contributed by atoms with van der Waals surface area (Å²) in [5.74, 6) is 0.844. The summed E-state index contributed by atoms with van der Waals surface area (Å²) in [6, 6.07) is 5.67. The molecule has 0 unspecified atom stereocenters. The van der Waals surface area contributed by atoms with Crippen LogP contribution in [0.4, 0.5) is 4.79 Å². The van der Waals surface area contributed by atoms with Crippen LogP contribution in [0.5, 0.6) is 5.75 Å². The lowest BCUT2D eigenvalue weighted by Gasteiger charge is -2.09. The molecule has 0 spiro atoms. The number of ether oxygens (including phenoxy) is 1. The number of methoxy groups -OCH3 is 1. The minimum atomic E-state index is -1.01. The molecule has 0 saturated heterocycles. The number of carboxylic acid groups (broad SMARTS) is 1. The number of amides is 1. The molecule has 0 aliphatic heterocycles. The number of aryl methyl sites for hydroxylation is 1. The first kappa shape index (κ1) is 11.4. The van der Waals surface area contributed by atoms with E-state index in [1.54, 1.807) is 7.11 Å². The van der Waals surface area contributed by atoms with Gasteiger partial charge in [0.15, 0.2) is 0 Å². The van der Waals surface area contributed by atoms with Crippen molar-refractivity contribution in [3.8, 4) is 5.75 Å². The summed E-state index contributed by atoms with van der Waals surface area (Å²) in [4.78, 5) is 10.3. The number of benzene rings is 1. The van der Waals surface area contributed by atoms with E-state index in [1.807, 2.05) is 25.1 Å². The molecule has 1 aromatic carbocycles. The first-order chi connectivity index (χ1) is 7.17. The highest BCUT2D eigenvalue weighted by Crippen LogP contribution is 2.20. The molecule has 0 radical (unpaired) electrons. The topological polar surface area (TPSA) is 58.6 Å². The minimum absolute atomic E-state index is 0.326. The second kappa shape index (κ2) is 5.24. The van der Waals surface area contributed by atoms with E-state index in [1.165, 1.54) is 0 Å². The van der Waals surface area contributed by atoms with Crippen LogP contribution in [0, 0.1) is 0 Å². The Balaban J connectivity index is 2.78. The molecule has 0 saturated carbocycles. The van der Waals surface area contributed by atoms with Gasteiger partial charge in [-0.05, 0) is 23.6 Å². The largest absolute Gasteiger partial charge is 0.496 e. The molecule has 2 N–H and O–H groups in total. The van der Waals surface area contributed by atoms with Crippen LogP contribution in [-0.4, -0.2) is 18.3 Å². The predicted molar refractivity (Wildman–Crippen MR) is 57.2 cm³/mol. The summed E-state index contributed by atoms with van der Waals surface area (Å²) >= 11 is 0. The van der Waals surface area contributed by atoms with Crippen LogP contribution in [0.2, 0.25) is 0 Å². The summed E-state index contributed by atoms with van der Waals surface area (Å²) in [5.41, 5.74) is 2.03. The van der Waals surface area contributed by atoms with Gasteiger partial charge in [0.05, 0.1) is 7.11 Å². The van der Waals surface area contributed by atoms with E-state index in [-0.39, 0.29) is 0 Å². The zero-order valence-electron chi connectivity index (χ0n) is 8.91. The van der Waals surface area contributed by atoms with Crippen molar-refractivity contribution >= 4 is 6.09 Å². The second-order valence-electron chi connectivity index (χ2n) is 3.16. The Morgan fingerprint density at radius 3 is 2.80 bits per heavy atom. The van der Waals surface area contributed by atoms with Crippen LogP contribution in [0.1, 0.15) is 18.1 Å². The van der Waals surface area contributed by atoms with E-state index >= 15 is 0 Å². The second-order valence-corrected chi connectivity index (χ2v) is 3.16. The molecule has 4 heteroatoms. The zero-order valence-corrected chi connectivity index (χ0v) is 8.91. The normalized spacial score (nSPS) is 9.73. The van der Waals surface area contributed by atoms with Crippen LogP contribution in [0.25, 0.3) is 0 Å². The molecule has 0 aliphatic carbocycles. The maximum absolute atomic E-state index is 10.3. The van der Waals surface area contributed by atoms with Gasteiger partial charge in [0, 0.05) is 6.54 Å². The van der Waals surface area contributed by atoms with Gasteiger partial charge in [-0.1, -0.05) is 19.1 Å². The number of nitrogens with one attached hydrogen (secondary N) is 1. The fourth-order valence-corrected chi connectivity index (χ4v) is 1.40. The molecule has 82 valence electrons. The molecule has 0 heterocycles. The minimum Gasteiger partial charge on any atom is -0.496 e. The van der Waals surface area contributed by atoms with Crippen LogP contribution < -0.4 is 10.1 Å². The molecule has 4 nitrogen and oxygen atoms in total. The molecule has 0 aromatic heterocycles. The third-order valence-corrected chi connectivity index (χ3v) is 2.17. The molecule has 1 aromatic rings. The highest BCUT2D eigenvalue weighted by molar-refractivity contribution is 5.64. The smallest absolute Gasteiger partial charge is 0.404 e. The van der Waals surface area contributed by atoms with Crippen molar-refractivity contribution in [3.63, 3.8) is 0 Å². The number of hydrogen-bond acceptors (Lipinski definition) is 2. The van der Waals surface area contributed by atoms with Gasteiger partial charge >= 0.3 is 6.09 Å². The summed E-state index contributed by atoms with van der Waals surface area (Å²) in [7, 11) is 1.63. The lowest BCUT2D eigenvalue weighted by atomic mass is 10.1. The van der Waals surface area contributed by atoms with Gasteiger partial charge in [0.25, 0.3) is 0 Å². The Hall–Kier alpha value is -1.71. The number of rotatable bonds is 4. The SMILES string of the molecule is CCc1cc(CNC(=O)O)ccc1OC. The van der Waals surface area contributed by atoms with E-state index in [0.717, 1.165) is 23.3 Å². The molecular formula is C11H15NO3. The molecule has 0 bridgehead atoms. The van der Waals surface area contributed by atoms with Crippen molar-refractivity contribution in [3.05, 3.63) is 29.3 Å². The van der Waals surface area contributed by atoms with Crippen molar-refractivity contribution in [2.24, 2.45) is 0 Å². The number of hydrogen-bond donors (Lipinski definition) is 2. The van der Waals surface area contributed by atoms with E-state index < -0.39 is 6.09 Å². The van der Waals surface area contributed by atoms with Gasteiger partial charge < -0.3 is 15.2 Å². The van der Waals surface area contributed by atoms with Gasteiger partial charge in [0.1, 0.15) is 5.75 Å². The quantitative estimate of drug-likeness (QED) is 0.797. The number of carbonyl (C=O) groups is 1. The first-order valence-corrected chi connectivity index (χ1v) is 4.80. The lowest BCUT2D eigenvalue weighted by Crippen LogP contribution is -2.19. The van der Waals surface area contributed by atoms with E-state index in [4.69, 9.17) is 9.84 Å². The van der Waals surface area contributed by atoms with Gasteiger partial charge in [0.2, 0.25) is 0 Å². The maximum Gasteiger partial charge on any atom is 0.404 e. The highest BCUT2D eigenvalue weighted by atomic mass is 16.5. The Morgan fingerprint density at radius 2 is 2.27 bits per heavy atom. The van der Waals surface area contributed by atoms with Crippen molar-refractivity contribution in [1.82, 2.24) is 5.32 Å². The standard InChI is InChI=1S/C11H15NO3/c1-3-9-6-8(7-12-11(13)14)4-5-10(9)15-2/h4-6,12H,3,7H2,1-2H3,(H,13,14). The average molecular weight is 209 g/mol. The fourth-order valence-electron chi connectivity index (χ4n) is 1.40. The molecule has 0 atom stereocenters. The Labute approximate surface area is 88.9 Å². The molecule has 1 amide bonds. The van der Waals surface area contributed by atoms with Gasteiger partial charge in [-0.2, -0.15) is 0 Å². The van der Waals surface area contributed by atoms with Crippen molar-refractivity contribution in [1.29, 1.82) is 0 Å².